The number of hydrogen-bond donors (Lipinski definition) is 1. The Morgan fingerprint density at radius 1 is 1.41 bits per heavy atom. The molecule has 6 heteroatoms. The highest BCUT2D eigenvalue weighted by molar-refractivity contribution is 6.32. The first-order chi connectivity index (χ1) is 10.4. The minimum atomic E-state index is -0.866. The maximum atomic E-state index is 12.2. The van der Waals surface area contributed by atoms with Crippen molar-refractivity contribution in [2.75, 3.05) is 26.1 Å². The van der Waals surface area contributed by atoms with Gasteiger partial charge in [-0.3, -0.25) is 4.79 Å². The summed E-state index contributed by atoms with van der Waals surface area (Å²) in [5.74, 6) is 0.337. The van der Waals surface area contributed by atoms with Crippen LogP contribution in [0.5, 0.6) is 5.75 Å². The van der Waals surface area contributed by atoms with Crippen LogP contribution in [-0.4, -0.2) is 38.4 Å². The normalized spacial score (nSPS) is 15.0. The van der Waals surface area contributed by atoms with Crippen molar-refractivity contribution < 1.29 is 19.0 Å². The lowest BCUT2D eigenvalue weighted by atomic mass is 10.0. The van der Waals surface area contributed by atoms with Gasteiger partial charge in [0.1, 0.15) is 17.5 Å². The van der Waals surface area contributed by atoms with E-state index in [1.54, 1.807) is 32.2 Å². The van der Waals surface area contributed by atoms with Gasteiger partial charge < -0.3 is 19.5 Å². The highest BCUT2D eigenvalue weighted by Crippen LogP contribution is 2.29. The molecule has 1 aromatic rings. The van der Waals surface area contributed by atoms with Crippen molar-refractivity contribution in [3.8, 4) is 5.75 Å². The molecule has 0 heterocycles. The van der Waals surface area contributed by atoms with Crippen molar-refractivity contribution in [1.82, 2.24) is 0 Å². The van der Waals surface area contributed by atoms with Crippen LogP contribution in [0.1, 0.15) is 27.2 Å². The third kappa shape index (κ3) is 4.87. The Balaban J connectivity index is 2.79. The zero-order valence-corrected chi connectivity index (χ0v) is 14.5. The van der Waals surface area contributed by atoms with E-state index >= 15 is 0 Å². The van der Waals surface area contributed by atoms with Crippen LogP contribution in [-0.2, 0) is 14.3 Å². The Morgan fingerprint density at radius 2 is 2.09 bits per heavy atom. The lowest BCUT2D eigenvalue weighted by Crippen LogP contribution is -2.41. The van der Waals surface area contributed by atoms with E-state index in [0.29, 0.717) is 29.5 Å². The van der Waals surface area contributed by atoms with E-state index in [4.69, 9.17) is 25.8 Å². The number of hydrogen-bond acceptors (Lipinski definition) is 4. The number of nitrogens with one attached hydrogen (secondary N) is 1. The number of benzene rings is 1. The van der Waals surface area contributed by atoms with Gasteiger partial charge in [-0.05, 0) is 38.5 Å². The van der Waals surface area contributed by atoms with Gasteiger partial charge in [0, 0.05) is 19.9 Å². The van der Waals surface area contributed by atoms with Gasteiger partial charge in [0.05, 0.1) is 11.6 Å². The van der Waals surface area contributed by atoms with E-state index in [1.165, 1.54) is 7.11 Å². The van der Waals surface area contributed by atoms with Gasteiger partial charge >= 0.3 is 0 Å². The molecule has 5 nitrogen and oxygen atoms in total. The van der Waals surface area contributed by atoms with Crippen LogP contribution in [0.4, 0.5) is 5.69 Å². The summed E-state index contributed by atoms with van der Waals surface area (Å²) in [7, 11) is 3.13. The van der Waals surface area contributed by atoms with E-state index in [0.717, 1.165) is 0 Å². The number of anilines is 1. The van der Waals surface area contributed by atoms with Gasteiger partial charge in [0.15, 0.2) is 0 Å². The molecule has 0 bridgehead atoms. The average molecular weight is 330 g/mol. The lowest BCUT2D eigenvalue weighted by molar-refractivity contribution is -0.136. The molecule has 1 amide bonds. The largest absolute Gasteiger partial charge is 0.487 e. The minimum Gasteiger partial charge on any atom is -0.487 e. The number of methoxy groups -OCH3 is 2. The fourth-order valence-corrected chi connectivity index (χ4v) is 2.05. The number of carbonyl (C=O) groups is 1. The fourth-order valence-electron chi connectivity index (χ4n) is 1.82. The zero-order valence-electron chi connectivity index (χ0n) is 13.7. The summed E-state index contributed by atoms with van der Waals surface area (Å²) in [6.45, 7) is 6.00. The van der Waals surface area contributed by atoms with Gasteiger partial charge in [0.2, 0.25) is 0 Å². The molecule has 0 aromatic heterocycles. The first kappa shape index (κ1) is 18.7. The summed E-state index contributed by atoms with van der Waals surface area (Å²) < 4.78 is 15.9. The molecular weight excluding hydrogens is 306 g/mol. The molecule has 1 rings (SSSR count). The molecule has 0 saturated heterocycles. The molecule has 124 valence electrons. The zero-order chi connectivity index (χ0) is 16.8. The van der Waals surface area contributed by atoms with Crippen LogP contribution in [0.25, 0.3) is 0 Å². The van der Waals surface area contributed by atoms with Crippen molar-refractivity contribution in [1.29, 1.82) is 0 Å². The van der Waals surface area contributed by atoms with Gasteiger partial charge in [0.25, 0.3) is 5.91 Å². The molecule has 2 atom stereocenters. The van der Waals surface area contributed by atoms with Crippen molar-refractivity contribution in [2.24, 2.45) is 0 Å². The molecule has 0 radical (unpaired) electrons. The SMILES string of the molecule is CC[C@](C)(OC)C(=O)Nc1ccc(O[C@@H](C)COC)c(Cl)c1. The number of halogens is 1. The van der Waals surface area contributed by atoms with Crippen molar-refractivity contribution in [2.45, 2.75) is 38.9 Å². The maximum absolute atomic E-state index is 12.2. The Hall–Kier alpha value is -1.30. The quantitative estimate of drug-likeness (QED) is 0.793. The summed E-state index contributed by atoms with van der Waals surface area (Å²) >= 11 is 6.19. The Kier molecular flexibility index (Phi) is 7.13. The van der Waals surface area contributed by atoms with Gasteiger partial charge in [-0.2, -0.15) is 0 Å². The van der Waals surface area contributed by atoms with Crippen molar-refractivity contribution in [3.63, 3.8) is 0 Å². The second-order valence-corrected chi connectivity index (χ2v) is 5.68. The molecule has 0 aliphatic rings. The first-order valence-electron chi connectivity index (χ1n) is 7.18. The maximum Gasteiger partial charge on any atom is 0.256 e. The predicted molar refractivity (Wildman–Crippen MR) is 87.8 cm³/mol. The van der Waals surface area contributed by atoms with Crippen LogP contribution in [0.3, 0.4) is 0 Å². The summed E-state index contributed by atoms with van der Waals surface area (Å²) in [4.78, 5) is 12.2. The minimum absolute atomic E-state index is 0.111. The Bertz CT molecular complexity index is 503. The lowest BCUT2D eigenvalue weighted by Gasteiger charge is -2.25. The van der Waals surface area contributed by atoms with E-state index in [2.05, 4.69) is 5.32 Å². The molecule has 0 fully saturated rings. The van der Waals surface area contributed by atoms with Crippen LogP contribution >= 0.6 is 11.6 Å². The molecule has 0 unspecified atom stereocenters. The topological polar surface area (TPSA) is 56.8 Å². The molecule has 1 aromatic carbocycles. The first-order valence-corrected chi connectivity index (χ1v) is 7.55. The average Bonchev–Trinajstić information content (AvgIpc) is 2.49. The molecule has 22 heavy (non-hydrogen) atoms. The predicted octanol–water partition coefficient (Wildman–Crippen LogP) is 3.51. The highest BCUT2D eigenvalue weighted by Gasteiger charge is 2.31. The van der Waals surface area contributed by atoms with E-state index in [-0.39, 0.29) is 12.0 Å². The Morgan fingerprint density at radius 3 is 2.59 bits per heavy atom. The summed E-state index contributed by atoms with van der Waals surface area (Å²) in [6.07, 6.45) is 0.457. The summed E-state index contributed by atoms with van der Waals surface area (Å²) in [5.41, 5.74) is -0.271. The standard InChI is InChI=1S/C16H24ClNO4/c1-6-16(3,21-5)15(19)18-12-7-8-14(13(17)9-12)22-11(2)10-20-4/h7-9,11H,6,10H2,1-5H3,(H,18,19)/t11-,16-/m0/s1. The number of carbonyl (C=O) groups excluding carboxylic acids is 1. The fraction of sp³-hybridized carbons (Fsp3) is 0.562. The number of rotatable bonds is 8. The van der Waals surface area contributed by atoms with Crippen LogP contribution < -0.4 is 10.1 Å². The van der Waals surface area contributed by atoms with Crippen LogP contribution in [0, 0.1) is 0 Å². The van der Waals surface area contributed by atoms with Crippen molar-refractivity contribution >= 4 is 23.2 Å². The van der Waals surface area contributed by atoms with Crippen molar-refractivity contribution in [3.05, 3.63) is 23.2 Å². The van der Waals surface area contributed by atoms with E-state index in [1.807, 2.05) is 13.8 Å². The summed E-state index contributed by atoms with van der Waals surface area (Å²) in [6, 6.07) is 5.12. The van der Waals surface area contributed by atoms with E-state index < -0.39 is 5.60 Å². The highest BCUT2D eigenvalue weighted by atomic mass is 35.5. The molecule has 0 saturated carbocycles. The third-order valence-electron chi connectivity index (χ3n) is 3.52. The second-order valence-electron chi connectivity index (χ2n) is 5.27. The monoisotopic (exact) mass is 329 g/mol. The molecule has 0 aliphatic heterocycles. The Labute approximate surface area is 136 Å². The van der Waals surface area contributed by atoms with Crippen LogP contribution in [0.2, 0.25) is 5.02 Å². The molecule has 1 N–H and O–H groups in total. The second kappa shape index (κ2) is 8.36. The summed E-state index contributed by atoms with van der Waals surface area (Å²) in [5, 5.41) is 3.23. The molecule has 0 spiro atoms. The third-order valence-corrected chi connectivity index (χ3v) is 3.82. The van der Waals surface area contributed by atoms with Crippen LogP contribution in [0.15, 0.2) is 18.2 Å². The number of ether oxygens (including phenoxy) is 3. The van der Waals surface area contributed by atoms with E-state index in [9.17, 15) is 4.79 Å². The number of amides is 1. The van der Waals surface area contributed by atoms with Gasteiger partial charge in [-0.1, -0.05) is 18.5 Å². The van der Waals surface area contributed by atoms with Gasteiger partial charge in [-0.15, -0.1) is 0 Å². The van der Waals surface area contributed by atoms with Gasteiger partial charge in [-0.25, -0.2) is 0 Å². The molecule has 0 aliphatic carbocycles. The smallest absolute Gasteiger partial charge is 0.256 e. The molecular formula is C16H24ClNO4.